The van der Waals surface area contributed by atoms with E-state index in [1.807, 2.05) is 0 Å². The molecule has 1 aromatic heterocycles. The van der Waals surface area contributed by atoms with Crippen molar-refractivity contribution in [3.05, 3.63) is 42.1 Å². The Kier molecular flexibility index (Phi) is 4.90. The molecule has 2 rings (SSSR count). The van der Waals surface area contributed by atoms with Crippen LogP contribution in [0.25, 0.3) is 0 Å². The molecule has 0 aliphatic heterocycles. The van der Waals surface area contributed by atoms with Gasteiger partial charge in [-0.3, -0.25) is 4.79 Å². The second-order valence-corrected chi connectivity index (χ2v) is 7.32. The van der Waals surface area contributed by atoms with Crippen LogP contribution in [0.2, 0.25) is 0 Å². The van der Waals surface area contributed by atoms with Gasteiger partial charge in [0.1, 0.15) is 11.6 Å². The molecule has 0 radical (unpaired) electrons. The predicted molar refractivity (Wildman–Crippen MR) is 82.3 cm³/mol. The number of hydrogen-bond acceptors (Lipinski definition) is 7. The van der Waals surface area contributed by atoms with Crippen LogP contribution in [0.15, 0.2) is 35.4 Å². The third-order valence-electron chi connectivity index (χ3n) is 3.05. The lowest BCUT2D eigenvalue weighted by atomic mass is 10.1. The maximum atomic E-state index is 12.9. The Balaban J connectivity index is 2.15. The molecule has 128 valence electrons. The van der Waals surface area contributed by atoms with Crippen LogP contribution in [0.1, 0.15) is 12.7 Å². The normalized spacial score (nSPS) is 14.0. The standard InChI is InChI=1S/C14H15FN4O4S/c1-9-16-7-12(19-18-9)17-13(20)14(2,21)8-24(22,23)11-5-3-10(15)4-6-11/h3-7,21H,8H2,1-2H3,(H,17,19,20)/t14-/m0/s1. The Hall–Kier alpha value is -2.46. The second-order valence-electron chi connectivity index (χ2n) is 5.33. The van der Waals surface area contributed by atoms with Crippen molar-refractivity contribution in [2.24, 2.45) is 0 Å². The lowest BCUT2D eigenvalue weighted by Crippen LogP contribution is -2.46. The van der Waals surface area contributed by atoms with E-state index in [-0.39, 0.29) is 10.7 Å². The van der Waals surface area contributed by atoms with Crippen molar-refractivity contribution in [3.8, 4) is 0 Å². The zero-order chi connectivity index (χ0) is 18.0. The molecule has 0 saturated carbocycles. The number of amides is 1. The number of anilines is 1. The first-order valence-electron chi connectivity index (χ1n) is 6.79. The van der Waals surface area contributed by atoms with Gasteiger partial charge in [0.25, 0.3) is 5.91 Å². The average Bonchev–Trinajstić information content (AvgIpc) is 2.49. The first-order valence-corrected chi connectivity index (χ1v) is 8.44. The number of benzene rings is 1. The van der Waals surface area contributed by atoms with Gasteiger partial charge in [-0.2, -0.15) is 0 Å². The van der Waals surface area contributed by atoms with Gasteiger partial charge in [0.15, 0.2) is 21.3 Å². The second kappa shape index (κ2) is 6.57. The Morgan fingerprint density at radius 1 is 1.29 bits per heavy atom. The summed E-state index contributed by atoms with van der Waals surface area (Å²) >= 11 is 0. The number of aromatic nitrogens is 3. The molecule has 0 aliphatic carbocycles. The van der Waals surface area contributed by atoms with Gasteiger partial charge in [0.05, 0.1) is 16.8 Å². The van der Waals surface area contributed by atoms with Crippen LogP contribution in [0.5, 0.6) is 0 Å². The van der Waals surface area contributed by atoms with Crippen LogP contribution in [0.3, 0.4) is 0 Å². The van der Waals surface area contributed by atoms with Crippen molar-refractivity contribution in [2.45, 2.75) is 24.3 Å². The molecular weight excluding hydrogens is 339 g/mol. The van der Waals surface area contributed by atoms with Gasteiger partial charge in [-0.15, -0.1) is 10.2 Å². The molecule has 8 nitrogen and oxygen atoms in total. The van der Waals surface area contributed by atoms with Crippen LogP contribution in [0, 0.1) is 12.7 Å². The van der Waals surface area contributed by atoms with Crippen molar-refractivity contribution in [1.82, 2.24) is 15.2 Å². The van der Waals surface area contributed by atoms with Gasteiger partial charge >= 0.3 is 0 Å². The molecule has 0 aliphatic rings. The van der Waals surface area contributed by atoms with E-state index >= 15 is 0 Å². The zero-order valence-corrected chi connectivity index (χ0v) is 13.7. The van der Waals surface area contributed by atoms with Gasteiger partial charge in [0.2, 0.25) is 0 Å². The number of carbonyl (C=O) groups is 1. The monoisotopic (exact) mass is 354 g/mol. The highest BCUT2D eigenvalue weighted by Crippen LogP contribution is 2.18. The van der Waals surface area contributed by atoms with Gasteiger partial charge in [0, 0.05) is 0 Å². The SMILES string of the molecule is Cc1ncc(NC(=O)[C@@](C)(O)CS(=O)(=O)c2ccc(F)cc2)nn1. The highest BCUT2D eigenvalue weighted by Gasteiger charge is 2.37. The fourth-order valence-electron chi connectivity index (χ4n) is 1.80. The summed E-state index contributed by atoms with van der Waals surface area (Å²) in [5, 5.41) is 19.7. The van der Waals surface area contributed by atoms with Gasteiger partial charge in [-0.1, -0.05) is 0 Å². The van der Waals surface area contributed by atoms with E-state index in [0.717, 1.165) is 31.2 Å². The van der Waals surface area contributed by atoms with Crippen LogP contribution >= 0.6 is 0 Å². The molecule has 1 atom stereocenters. The summed E-state index contributed by atoms with van der Waals surface area (Å²) in [7, 11) is -4.01. The maximum absolute atomic E-state index is 12.9. The Morgan fingerprint density at radius 2 is 1.92 bits per heavy atom. The first kappa shape index (κ1) is 17.9. The number of sulfone groups is 1. The van der Waals surface area contributed by atoms with Crippen molar-refractivity contribution in [2.75, 3.05) is 11.1 Å². The zero-order valence-electron chi connectivity index (χ0n) is 12.9. The highest BCUT2D eigenvalue weighted by atomic mass is 32.2. The van der Waals surface area contributed by atoms with Crippen LogP contribution in [0.4, 0.5) is 10.2 Å². The van der Waals surface area contributed by atoms with Crippen molar-refractivity contribution in [3.63, 3.8) is 0 Å². The van der Waals surface area contributed by atoms with E-state index < -0.39 is 32.9 Å². The number of hydrogen-bond donors (Lipinski definition) is 2. The lowest BCUT2D eigenvalue weighted by molar-refractivity contribution is -0.130. The summed E-state index contributed by atoms with van der Waals surface area (Å²) in [5.74, 6) is -2.09. The highest BCUT2D eigenvalue weighted by molar-refractivity contribution is 7.91. The van der Waals surface area contributed by atoms with E-state index in [2.05, 4.69) is 20.5 Å². The summed E-state index contributed by atoms with van der Waals surface area (Å²) in [6.45, 7) is 2.66. The summed E-state index contributed by atoms with van der Waals surface area (Å²) in [6.07, 6.45) is 1.23. The van der Waals surface area contributed by atoms with E-state index in [9.17, 15) is 22.7 Å². The lowest BCUT2D eigenvalue weighted by Gasteiger charge is -2.21. The van der Waals surface area contributed by atoms with Crippen LogP contribution in [-0.2, 0) is 14.6 Å². The minimum absolute atomic E-state index is 0.0231. The van der Waals surface area contributed by atoms with E-state index in [4.69, 9.17) is 0 Å². The average molecular weight is 354 g/mol. The molecule has 0 bridgehead atoms. The number of aliphatic hydroxyl groups is 1. The maximum Gasteiger partial charge on any atom is 0.258 e. The summed E-state index contributed by atoms with van der Waals surface area (Å²) < 4.78 is 37.4. The molecular formula is C14H15FN4O4S. The molecule has 0 saturated heterocycles. The quantitative estimate of drug-likeness (QED) is 0.749. The molecule has 0 fully saturated rings. The topological polar surface area (TPSA) is 122 Å². The third kappa shape index (κ3) is 4.30. The molecule has 0 spiro atoms. The van der Waals surface area contributed by atoms with E-state index in [1.54, 1.807) is 6.92 Å². The summed E-state index contributed by atoms with van der Waals surface area (Å²) in [4.78, 5) is 15.7. The largest absolute Gasteiger partial charge is 0.379 e. The number of nitrogens with zero attached hydrogens (tertiary/aromatic N) is 3. The third-order valence-corrected chi connectivity index (χ3v) is 4.98. The molecule has 24 heavy (non-hydrogen) atoms. The first-order chi connectivity index (χ1) is 11.1. The van der Waals surface area contributed by atoms with Gasteiger partial charge in [-0.25, -0.2) is 17.8 Å². The van der Waals surface area contributed by atoms with E-state index in [0.29, 0.717) is 5.82 Å². The molecule has 0 unspecified atom stereocenters. The number of halogens is 1. The number of aryl methyl sites for hydroxylation is 1. The summed E-state index contributed by atoms with van der Waals surface area (Å²) in [5.41, 5.74) is -2.24. The minimum Gasteiger partial charge on any atom is -0.379 e. The fraction of sp³-hybridized carbons (Fsp3) is 0.286. The number of rotatable bonds is 5. The number of nitrogens with one attached hydrogen (secondary N) is 1. The van der Waals surface area contributed by atoms with Crippen molar-refractivity contribution < 1.29 is 22.7 Å². The number of carbonyl (C=O) groups excluding carboxylic acids is 1. The van der Waals surface area contributed by atoms with E-state index in [1.165, 1.54) is 6.20 Å². The molecule has 2 N–H and O–H groups in total. The van der Waals surface area contributed by atoms with Gasteiger partial charge < -0.3 is 10.4 Å². The molecule has 1 heterocycles. The Bertz CT molecular complexity index is 836. The minimum atomic E-state index is -4.01. The molecule has 1 amide bonds. The Labute approximate surface area is 137 Å². The molecule has 1 aromatic carbocycles. The van der Waals surface area contributed by atoms with Gasteiger partial charge in [-0.05, 0) is 38.1 Å². The fourth-order valence-corrected chi connectivity index (χ4v) is 3.39. The smallest absolute Gasteiger partial charge is 0.258 e. The van der Waals surface area contributed by atoms with Crippen molar-refractivity contribution in [1.29, 1.82) is 0 Å². The summed E-state index contributed by atoms with van der Waals surface area (Å²) in [6, 6.07) is 4.09. The van der Waals surface area contributed by atoms with Crippen LogP contribution in [-0.4, -0.2) is 46.0 Å². The predicted octanol–water partition coefficient (Wildman–Crippen LogP) is 0.483. The van der Waals surface area contributed by atoms with Crippen LogP contribution < -0.4 is 5.32 Å². The van der Waals surface area contributed by atoms with Crippen molar-refractivity contribution >= 4 is 21.6 Å². The Morgan fingerprint density at radius 3 is 2.46 bits per heavy atom. The molecule has 2 aromatic rings. The molecule has 10 heteroatoms.